The molecule has 588 valence electrons. The zero-order valence-corrected chi connectivity index (χ0v) is 65.2. The zero-order valence-electron chi connectivity index (χ0n) is 64.4. The predicted molar refractivity (Wildman–Crippen MR) is 401 cm³/mol. The molecule has 0 aromatic heterocycles. The van der Waals surface area contributed by atoms with E-state index in [4.69, 9.17) is 30.5 Å². The summed E-state index contributed by atoms with van der Waals surface area (Å²) in [7, 11) is 2.55. The molecule has 27 heteroatoms. The number of nitrogens with one attached hydrogen (secondary N) is 6. The molecule has 0 spiro atoms. The topological polar surface area (TPSA) is 314 Å². The van der Waals surface area contributed by atoms with Gasteiger partial charge in [0.1, 0.15) is 48.7 Å². The maximum absolute atomic E-state index is 13.5. The number of halogens is 3. The van der Waals surface area contributed by atoms with Crippen LogP contribution in [0.4, 0.5) is 18.5 Å². The fourth-order valence-electron chi connectivity index (χ4n) is 11.9. The molecule has 4 aromatic carbocycles. The van der Waals surface area contributed by atoms with Gasteiger partial charge < -0.3 is 50.8 Å². The van der Waals surface area contributed by atoms with Gasteiger partial charge in [-0.05, 0) is 125 Å². The number of piperazine rings is 3. The molecule has 4 aromatic rings. The average molecular weight is 1520 g/mol. The summed E-state index contributed by atoms with van der Waals surface area (Å²) in [5, 5.41) is 15.6. The maximum Gasteiger partial charge on any atom is 0.408 e. The number of alkyl carbamates (subject to hydrolysis) is 2. The average Bonchev–Trinajstić information content (AvgIpc) is 0.776. The second-order valence-corrected chi connectivity index (χ2v) is 30.7. The molecule has 0 radical (unpaired) electrons. The van der Waals surface area contributed by atoms with E-state index >= 15 is 0 Å². The number of carbonyl (C=O) groups is 12. The summed E-state index contributed by atoms with van der Waals surface area (Å²) in [5.41, 5.74) is 2.46. The standard InChI is InChI=1S/C37H51N3O8.C36H48FN3O8.C7H14ClFN2/c1-24(2)19-28(35(45)47-7)22-32(42)30(20-26-11-9-8-10-12-26)39-33(43)18-17-29(41)23-38-34(44)31(40-36(46)48-37(4,5)6)21-27-15-13-25(3)14-16-27;1-23(2)18-26(34(45)47-6)21-31(42)29(19-24-10-8-7-9-11-24)39-32(43)17-16-28(41)22-38-33(44)30(40-35(46)48-36(3,4)5)20-25-12-14-27(37)15-13-25;8-7-10-1-4-11(9,5-2-10)6-3-10/h8-16,24,28,30-31H,17-23H2,1-7H3,(H,38,44)(H,39,43)(H,40,46);7-15,23,26,29-30H,16-22H2,1-6H3,(H,38,44)(H,39,43)(H,40,46);1-7H2/q;;+2/t28-,30+,31+;26-,29+,30+;/m11./s1. The van der Waals surface area contributed by atoms with Gasteiger partial charge in [-0.2, -0.15) is 0 Å². The van der Waals surface area contributed by atoms with Crippen molar-refractivity contribution in [3.05, 3.63) is 143 Å². The SMILES string of the molecule is COC(=O)[C@@H](CC(=O)[C@H](Cc1ccccc1)NC(=O)CCC(=O)CNC(=O)[C@H](Cc1ccc(C)cc1)NC(=O)OC(C)(C)C)CC(C)C.COC(=O)[C@@H](CC(=O)[C@H](Cc1ccccc1)NC(=O)CCC(=O)CNC(=O)[C@H](Cc1ccc(F)cc1)NC(=O)OC(C)(C)C)CC(C)C.F[N+]12CC[N+](CCl)(CC1)CC2. The summed E-state index contributed by atoms with van der Waals surface area (Å²) < 4.78 is 48.1. The smallest absolute Gasteiger partial charge is 0.408 e. The van der Waals surface area contributed by atoms with Crippen LogP contribution in [0.1, 0.15) is 148 Å². The van der Waals surface area contributed by atoms with Gasteiger partial charge in [0.05, 0.1) is 51.2 Å². The molecule has 3 aliphatic rings. The first-order valence-electron chi connectivity index (χ1n) is 36.5. The van der Waals surface area contributed by atoms with Gasteiger partial charge in [0.15, 0.2) is 48.8 Å². The summed E-state index contributed by atoms with van der Waals surface area (Å²) >= 11 is 5.85. The number of ether oxygens (including phenoxy) is 4. The number of amides is 6. The van der Waals surface area contributed by atoms with Crippen molar-refractivity contribution < 1.29 is 94.5 Å². The van der Waals surface area contributed by atoms with Crippen LogP contribution in [-0.2, 0) is 92.6 Å². The number of aryl methyl sites for hydroxylation is 1. The molecule has 6 atom stereocenters. The minimum absolute atomic E-state index is 0.00673. The molecule has 6 N–H and O–H groups in total. The van der Waals surface area contributed by atoms with Gasteiger partial charge in [0, 0.05) is 51.4 Å². The molecule has 0 aliphatic carbocycles. The number of fused-ring (bicyclic) bond motifs is 3. The molecule has 24 nitrogen and oxygen atoms in total. The molecule has 107 heavy (non-hydrogen) atoms. The molecule has 0 saturated carbocycles. The highest BCUT2D eigenvalue weighted by atomic mass is 35.5. The van der Waals surface area contributed by atoms with Crippen LogP contribution in [-0.4, -0.2) is 188 Å². The van der Waals surface area contributed by atoms with E-state index in [-0.39, 0.29) is 98.9 Å². The van der Waals surface area contributed by atoms with Crippen molar-refractivity contribution >= 4 is 82.5 Å². The van der Waals surface area contributed by atoms with E-state index in [9.17, 15) is 66.4 Å². The third kappa shape index (κ3) is 35.5. The molecule has 0 unspecified atom stereocenters. The van der Waals surface area contributed by atoms with Gasteiger partial charge in [0.25, 0.3) is 0 Å². The third-order valence-corrected chi connectivity index (χ3v) is 18.3. The van der Waals surface area contributed by atoms with Crippen molar-refractivity contribution in [3.63, 3.8) is 0 Å². The van der Waals surface area contributed by atoms with Crippen molar-refractivity contribution in [3.8, 4) is 0 Å². The lowest BCUT2D eigenvalue weighted by atomic mass is 9.89. The number of quaternary nitrogens is 2. The van der Waals surface area contributed by atoms with E-state index in [2.05, 4.69) is 31.9 Å². The second kappa shape index (κ2) is 44.3. The summed E-state index contributed by atoms with van der Waals surface area (Å²) in [4.78, 5) is 154. The number of nitrogens with zero attached hydrogens (tertiary/aromatic N) is 2. The minimum atomic E-state index is -1.13. The Labute approximate surface area is 633 Å². The predicted octanol–water partition coefficient (Wildman–Crippen LogP) is 9.40. The molecular formula is C80H113ClF2N8O16+2. The lowest BCUT2D eigenvalue weighted by Gasteiger charge is -2.48. The normalized spacial score (nSPS) is 16.8. The highest BCUT2D eigenvalue weighted by Crippen LogP contribution is 2.28. The number of alkyl halides is 1. The summed E-state index contributed by atoms with van der Waals surface area (Å²) in [6.45, 7) is 23.9. The Hall–Kier alpha value is -9.01. The summed E-state index contributed by atoms with van der Waals surface area (Å²) in [5.74, 6) is -6.20. The number of benzene rings is 4. The third-order valence-electron chi connectivity index (χ3n) is 17.8. The monoisotopic (exact) mass is 1510 g/mol. The van der Waals surface area contributed by atoms with Gasteiger partial charge in [0.2, 0.25) is 23.6 Å². The fourth-order valence-corrected chi connectivity index (χ4v) is 12.3. The van der Waals surface area contributed by atoms with Crippen LogP contribution >= 0.6 is 11.6 Å². The first-order chi connectivity index (χ1) is 50.3. The second-order valence-electron chi connectivity index (χ2n) is 30.4. The zero-order chi connectivity index (χ0) is 79.7. The number of Topliss-reactive ketones (excluding diaryl/α,β-unsaturated/α-hetero) is 4. The Morgan fingerprint density at radius 2 is 0.804 bits per heavy atom. The number of hydrogen-bond donors (Lipinski definition) is 6. The molecule has 6 amide bonds. The number of ketones is 4. The van der Waals surface area contributed by atoms with Crippen molar-refractivity contribution in [2.75, 3.05) is 72.6 Å². The number of carbonyl (C=O) groups excluding carboxylic acids is 12. The van der Waals surface area contributed by atoms with E-state index in [1.165, 1.54) is 38.5 Å². The molecule has 2 bridgehead atoms. The van der Waals surface area contributed by atoms with Crippen LogP contribution in [0.3, 0.4) is 0 Å². The highest BCUT2D eigenvalue weighted by Gasteiger charge is 2.50. The van der Waals surface area contributed by atoms with Gasteiger partial charge in [-0.15, -0.1) is 4.71 Å². The van der Waals surface area contributed by atoms with E-state index in [1.54, 1.807) is 41.5 Å². The van der Waals surface area contributed by atoms with Crippen LogP contribution in [0.15, 0.2) is 109 Å². The highest BCUT2D eigenvalue weighted by molar-refractivity contribution is 6.17. The Morgan fingerprint density at radius 1 is 0.467 bits per heavy atom. The molecular weight excluding hydrogens is 1400 g/mol. The van der Waals surface area contributed by atoms with Crippen molar-refractivity contribution in [2.45, 2.75) is 189 Å². The Balaban J connectivity index is 0.000000393. The van der Waals surface area contributed by atoms with Crippen molar-refractivity contribution in [1.29, 1.82) is 0 Å². The fraction of sp³-hybridized carbons (Fsp3) is 0.550. The number of rotatable bonds is 37. The first-order valence-corrected chi connectivity index (χ1v) is 37.1. The van der Waals surface area contributed by atoms with E-state index in [0.29, 0.717) is 44.0 Å². The Morgan fingerprint density at radius 3 is 1.13 bits per heavy atom. The van der Waals surface area contributed by atoms with E-state index in [1.807, 2.05) is 120 Å². The Bertz CT molecular complexity index is 3340. The maximum atomic E-state index is 13.5. The summed E-state index contributed by atoms with van der Waals surface area (Å²) in [6, 6.07) is 27.9. The van der Waals surface area contributed by atoms with Crippen LogP contribution < -0.4 is 31.9 Å². The van der Waals surface area contributed by atoms with E-state index in [0.717, 1.165) is 46.4 Å². The molecule has 3 heterocycles. The molecule has 3 fully saturated rings. The lowest BCUT2D eigenvalue weighted by Crippen LogP contribution is -2.71. The van der Waals surface area contributed by atoms with Crippen LogP contribution in [0, 0.1) is 36.4 Å². The van der Waals surface area contributed by atoms with Crippen LogP contribution in [0.2, 0.25) is 0 Å². The largest absolute Gasteiger partial charge is 0.469 e. The van der Waals surface area contributed by atoms with Gasteiger partial charge in [-0.25, -0.2) is 14.0 Å². The van der Waals surface area contributed by atoms with Crippen molar-refractivity contribution in [2.24, 2.45) is 23.7 Å². The van der Waals surface area contributed by atoms with E-state index < -0.39 is 119 Å². The first kappa shape index (κ1) is 90.4. The number of hydrogen-bond acceptors (Lipinski definition) is 16. The number of methoxy groups -OCH3 is 2. The molecule has 7 rings (SSSR count). The number of esters is 2. The van der Waals surface area contributed by atoms with Gasteiger partial charge in [-0.1, -0.05) is 142 Å². The minimum Gasteiger partial charge on any atom is -0.469 e. The Kier molecular flexibility index (Phi) is 37.4. The van der Waals surface area contributed by atoms with Crippen LogP contribution in [0.5, 0.6) is 0 Å². The van der Waals surface area contributed by atoms with Gasteiger partial charge >= 0.3 is 24.1 Å². The van der Waals surface area contributed by atoms with Crippen molar-refractivity contribution in [1.82, 2.24) is 31.9 Å². The molecule has 3 aliphatic heterocycles. The van der Waals surface area contributed by atoms with Crippen LogP contribution in [0.25, 0.3) is 0 Å². The lowest BCUT2D eigenvalue weighted by molar-refractivity contribution is -1.15. The quantitative estimate of drug-likeness (QED) is 0.00611. The summed E-state index contributed by atoms with van der Waals surface area (Å²) in [6.07, 6.45) is -1.14. The molecule has 3 saturated heterocycles. The van der Waals surface area contributed by atoms with Gasteiger partial charge in [-0.3, -0.25) is 52.4 Å².